The molecule has 9 nitrogen and oxygen atoms in total. The van der Waals surface area contributed by atoms with Crippen LogP contribution in [0.3, 0.4) is 0 Å². The van der Waals surface area contributed by atoms with Gasteiger partial charge < -0.3 is 24.1 Å². The zero-order valence-corrected chi connectivity index (χ0v) is 12.8. The molecular formula is C13H19NO8. The Bertz CT molecular complexity index is 510. The molecule has 1 heterocycles. The molecular weight excluding hydrogens is 298 g/mol. The van der Waals surface area contributed by atoms with E-state index < -0.39 is 41.0 Å². The topological polar surface area (TPSA) is 115 Å². The zero-order valence-electron chi connectivity index (χ0n) is 12.8. The highest BCUT2D eigenvalue weighted by molar-refractivity contribution is 5.99. The second-order valence-corrected chi connectivity index (χ2v) is 4.02. The van der Waals surface area contributed by atoms with Crippen LogP contribution in [0.15, 0.2) is 22.8 Å². The first-order chi connectivity index (χ1) is 10.4. The molecule has 0 saturated heterocycles. The highest BCUT2D eigenvalue weighted by Crippen LogP contribution is 2.32. The third-order valence-corrected chi connectivity index (χ3v) is 2.77. The highest BCUT2D eigenvalue weighted by Gasteiger charge is 2.43. The van der Waals surface area contributed by atoms with E-state index in [1.54, 1.807) is 13.8 Å². The second-order valence-electron chi connectivity index (χ2n) is 4.02. The molecule has 0 bridgehead atoms. The van der Waals surface area contributed by atoms with Crippen LogP contribution in [0.2, 0.25) is 0 Å². The Kier molecular flexibility index (Phi) is 6.20. The van der Waals surface area contributed by atoms with Gasteiger partial charge in [0.25, 0.3) is 0 Å². The lowest BCUT2D eigenvalue weighted by molar-refractivity contribution is -0.202. The lowest BCUT2D eigenvalue weighted by Gasteiger charge is -2.33. The average Bonchev–Trinajstić information content (AvgIpc) is 2.48. The van der Waals surface area contributed by atoms with Crippen LogP contribution in [0.5, 0.6) is 0 Å². The molecule has 0 amide bonds. The van der Waals surface area contributed by atoms with Crippen molar-refractivity contribution >= 4 is 11.9 Å². The molecule has 0 aromatic carbocycles. The number of ether oxygens (including phenoxy) is 4. The number of rotatable bonds is 6. The minimum Gasteiger partial charge on any atom is -0.506 e. The number of aliphatic hydroxyl groups excluding tert-OH is 1. The summed E-state index contributed by atoms with van der Waals surface area (Å²) in [5.41, 5.74) is -0.932. The van der Waals surface area contributed by atoms with E-state index in [4.69, 9.17) is 18.9 Å². The number of hydrogen-bond donors (Lipinski definition) is 2. The van der Waals surface area contributed by atoms with Crippen LogP contribution >= 0.6 is 0 Å². The maximum Gasteiger partial charge on any atom is 0.347 e. The molecule has 1 atom stereocenters. The highest BCUT2D eigenvalue weighted by atomic mass is 16.6. The summed E-state index contributed by atoms with van der Waals surface area (Å²) in [7, 11) is 2.37. The first-order valence-electron chi connectivity index (χ1n) is 6.51. The Morgan fingerprint density at radius 1 is 1.14 bits per heavy atom. The fourth-order valence-corrected chi connectivity index (χ4v) is 1.90. The van der Waals surface area contributed by atoms with E-state index in [1.165, 1.54) is 14.2 Å². The maximum atomic E-state index is 12.0. The second kappa shape index (κ2) is 7.66. The normalized spacial score (nSPS) is 18.4. The number of carbonyl (C=O) groups excluding carboxylic acids is 2. The largest absolute Gasteiger partial charge is 0.506 e. The van der Waals surface area contributed by atoms with Crippen LogP contribution in [0.1, 0.15) is 13.8 Å². The molecule has 0 spiro atoms. The van der Waals surface area contributed by atoms with Crippen molar-refractivity contribution in [2.45, 2.75) is 20.1 Å². The van der Waals surface area contributed by atoms with Crippen LogP contribution in [0.4, 0.5) is 0 Å². The summed E-state index contributed by atoms with van der Waals surface area (Å²) < 4.78 is 19.5. The van der Waals surface area contributed by atoms with E-state index in [9.17, 15) is 19.9 Å². The number of hydroxylamine groups is 2. The fraction of sp³-hybridized carbons (Fsp3) is 0.538. The van der Waals surface area contributed by atoms with Crippen LogP contribution < -0.4 is 0 Å². The molecule has 0 aromatic heterocycles. The molecule has 0 radical (unpaired) electrons. The molecule has 0 saturated carbocycles. The molecule has 0 fully saturated rings. The zero-order chi connectivity index (χ0) is 16.9. The van der Waals surface area contributed by atoms with Gasteiger partial charge in [-0.3, -0.25) is 5.21 Å². The summed E-state index contributed by atoms with van der Waals surface area (Å²) in [6.07, 6.45) is -1.40. The minimum absolute atomic E-state index is 0.0283. The first kappa shape index (κ1) is 17.8. The monoisotopic (exact) mass is 317 g/mol. The quantitative estimate of drug-likeness (QED) is 0.674. The Morgan fingerprint density at radius 3 is 2.14 bits per heavy atom. The summed E-state index contributed by atoms with van der Waals surface area (Å²) in [5.74, 6) is -3.04. The number of methoxy groups -OCH3 is 2. The van der Waals surface area contributed by atoms with Crippen molar-refractivity contribution in [2.24, 2.45) is 0 Å². The number of esters is 2. The van der Waals surface area contributed by atoms with Gasteiger partial charge in [-0.15, -0.1) is 0 Å². The SMILES string of the molecule is CCOC(=O)C1=C(OC)N(O)C(OC)C(C(=O)OCC)=C1O. The van der Waals surface area contributed by atoms with Crippen molar-refractivity contribution in [3.8, 4) is 0 Å². The van der Waals surface area contributed by atoms with Crippen molar-refractivity contribution in [1.82, 2.24) is 5.06 Å². The van der Waals surface area contributed by atoms with E-state index in [2.05, 4.69) is 0 Å². The molecule has 22 heavy (non-hydrogen) atoms. The summed E-state index contributed by atoms with van der Waals surface area (Å²) in [6.45, 7) is 3.20. The van der Waals surface area contributed by atoms with Crippen molar-refractivity contribution in [1.29, 1.82) is 0 Å². The first-order valence-corrected chi connectivity index (χ1v) is 6.51. The molecule has 9 heteroatoms. The molecule has 2 N–H and O–H groups in total. The molecule has 1 aliphatic heterocycles. The van der Waals surface area contributed by atoms with Gasteiger partial charge in [0.05, 0.1) is 20.3 Å². The number of hydrogen-bond acceptors (Lipinski definition) is 9. The molecule has 1 rings (SSSR count). The van der Waals surface area contributed by atoms with E-state index >= 15 is 0 Å². The summed E-state index contributed by atoms with van der Waals surface area (Å²) in [5, 5.41) is 20.8. The summed E-state index contributed by atoms with van der Waals surface area (Å²) in [6, 6.07) is 0. The summed E-state index contributed by atoms with van der Waals surface area (Å²) in [4.78, 5) is 23.9. The molecule has 0 aromatic rings. The van der Waals surface area contributed by atoms with E-state index in [0.717, 1.165) is 0 Å². The van der Waals surface area contributed by atoms with Crippen molar-refractivity contribution < 1.29 is 38.9 Å². The lowest BCUT2D eigenvalue weighted by atomic mass is 10.0. The van der Waals surface area contributed by atoms with Gasteiger partial charge in [0.1, 0.15) is 5.57 Å². The lowest BCUT2D eigenvalue weighted by Crippen LogP contribution is -2.44. The van der Waals surface area contributed by atoms with Gasteiger partial charge in [0.2, 0.25) is 5.88 Å². The maximum absolute atomic E-state index is 12.0. The third-order valence-electron chi connectivity index (χ3n) is 2.77. The van der Waals surface area contributed by atoms with Gasteiger partial charge in [0.15, 0.2) is 17.6 Å². The fourth-order valence-electron chi connectivity index (χ4n) is 1.90. The molecule has 1 aliphatic rings. The van der Waals surface area contributed by atoms with Crippen molar-refractivity contribution in [3.63, 3.8) is 0 Å². The number of carbonyl (C=O) groups is 2. The number of nitrogens with zero attached hydrogens (tertiary/aromatic N) is 1. The van der Waals surface area contributed by atoms with Gasteiger partial charge in [-0.2, -0.15) is 5.06 Å². The predicted molar refractivity (Wildman–Crippen MR) is 71.4 cm³/mol. The van der Waals surface area contributed by atoms with Crippen LogP contribution in [0, 0.1) is 0 Å². The van der Waals surface area contributed by atoms with Gasteiger partial charge in [0, 0.05) is 7.11 Å². The molecule has 1 unspecified atom stereocenters. The summed E-state index contributed by atoms with van der Waals surface area (Å²) >= 11 is 0. The van der Waals surface area contributed by atoms with Gasteiger partial charge in [-0.1, -0.05) is 0 Å². The Balaban J connectivity index is 3.47. The van der Waals surface area contributed by atoms with Gasteiger partial charge in [-0.05, 0) is 13.8 Å². The van der Waals surface area contributed by atoms with E-state index in [-0.39, 0.29) is 13.2 Å². The average molecular weight is 317 g/mol. The van der Waals surface area contributed by atoms with Crippen molar-refractivity contribution in [3.05, 3.63) is 22.8 Å². The predicted octanol–water partition coefficient (Wildman–Crippen LogP) is 0.460. The standard InChI is InChI=1S/C13H19NO8/c1-5-21-12(16)7-9(15)8(13(17)22-6-2)11(20-4)14(18)10(7)19-3/h10,15,18H,5-6H2,1-4H3. The Labute approximate surface area is 127 Å². The molecule has 124 valence electrons. The van der Waals surface area contributed by atoms with Crippen LogP contribution in [0.25, 0.3) is 0 Å². The van der Waals surface area contributed by atoms with Crippen LogP contribution in [-0.2, 0) is 28.5 Å². The van der Waals surface area contributed by atoms with Crippen molar-refractivity contribution in [2.75, 3.05) is 27.4 Å². The van der Waals surface area contributed by atoms with E-state index in [0.29, 0.717) is 5.06 Å². The number of aliphatic hydroxyl groups is 1. The third kappa shape index (κ3) is 3.15. The Morgan fingerprint density at radius 2 is 1.68 bits per heavy atom. The minimum atomic E-state index is -1.40. The van der Waals surface area contributed by atoms with Gasteiger partial charge in [-0.25, -0.2) is 9.59 Å². The van der Waals surface area contributed by atoms with E-state index in [1.807, 2.05) is 0 Å². The molecule has 0 aliphatic carbocycles. The van der Waals surface area contributed by atoms with Crippen LogP contribution in [-0.4, -0.2) is 61.0 Å². The van der Waals surface area contributed by atoms with Gasteiger partial charge >= 0.3 is 11.9 Å². The Hall–Kier alpha value is -2.26. The smallest absolute Gasteiger partial charge is 0.347 e.